The van der Waals surface area contributed by atoms with Crippen LogP contribution in [0.25, 0.3) is 11.1 Å². The molecule has 1 aromatic heterocycles. The van der Waals surface area contributed by atoms with Gasteiger partial charge in [-0.05, 0) is 73.3 Å². The van der Waals surface area contributed by atoms with Crippen molar-refractivity contribution in [3.05, 3.63) is 83.2 Å². The predicted octanol–water partition coefficient (Wildman–Crippen LogP) is 4.50. The number of aryl methyl sites for hydroxylation is 1. The highest BCUT2D eigenvalue weighted by molar-refractivity contribution is 5.93. The Morgan fingerprint density at radius 2 is 1.93 bits per heavy atom. The number of hydrogen-bond donors (Lipinski definition) is 1. The maximum Gasteiger partial charge on any atom is 0.250 e. The molecule has 0 bridgehead atoms. The van der Waals surface area contributed by atoms with Crippen LogP contribution in [0.15, 0.2) is 60.7 Å². The first-order chi connectivity index (χ1) is 14.5. The fraction of sp³-hybridized carbons (Fsp3) is 0.280. The lowest BCUT2D eigenvalue weighted by atomic mass is 10.0. The van der Waals surface area contributed by atoms with Gasteiger partial charge in [-0.1, -0.05) is 30.3 Å². The van der Waals surface area contributed by atoms with Gasteiger partial charge in [-0.3, -0.25) is 14.7 Å². The van der Waals surface area contributed by atoms with Crippen molar-refractivity contribution >= 4 is 5.91 Å². The number of nitrogens with zero attached hydrogens (tertiary/aromatic N) is 2. The highest BCUT2D eigenvalue weighted by Gasteiger charge is 2.27. The SMILES string of the molecule is COc1ccc(-c2cccc(CN3CCC[C@@H]3c3ccc(C(N)=O)c(C)n3)c2)cc1. The largest absolute Gasteiger partial charge is 0.497 e. The molecule has 1 aliphatic heterocycles. The monoisotopic (exact) mass is 401 g/mol. The van der Waals surface area contributed by atoms with Crippen LogP contribution in [-0.4, -0.2) is 29.4 Å². The summed E-state index contributed by atoms with van der Waals surface area (Å²) in [6.45, 7) is 3.75. The Hall–Kier alpha value is -3.18. The molecule has 1 saturated heterocycles. The number of pyridine rings is 1. The van der Waals surface area contributed by atoms with Crippen LogP contribution in [0.5, 0.6) is 5.75 Å². The molecule has 1 fully saturated rings. The van der Waals surface area contributed by atoms with Crippen molar-refractivity contribution < 1.29 is 9.53 Å². The molecule has 2 N–H and O–H groups in total. The van der Waals surface area contributed by atoms with Crippen LogP contribution in [0.4, 0.5) is 0 Å². The number of amides is 1. The molecule has 4 rings (SSSR count). The van der Waals surface area contributed by atoms with Gasteiger partial charge in [-0.2, -0.15) is 0 Å². The first kappa shape index (κ1) is 20.1. The Kier molecular flexibility index (Phi) is 5.81. The van der Waals surface area contributed by atoms with Gasteiger partial charge in [0.05, 0.1) is 30.1 Å². The number of methoxy groups -OCH3 is 1. The Balaban J connectivity index is 1.53. The minimum absolute atomic E-state index is 0.260. The van der Waals surface area contributed by atoms with Crippen LogP contribution in [0.2, 0.25) is 0 Å². The van der Waals surface area contributed by atoms with Crippen molar-refractivity contribution in [2.45, 2.75) is 32.4 Å². The molecule has 2 heterocycles. The summed E-state index contributed by atoms with van der Waals surface area (Å²) in [6.07, 6.45) is 2.21. The number of nitrogens with two attached hydrogens (primary N) is 1. The number of rotatable bonds is 6. The molecular weight excluding hydrogens is 374 g/mol. The molecule has 5 nitrogen and oxygen atoms in total. The van der Waals surface area contributed by atoms with Gasteiger partial charge in [0, 0.05) is 6.54 Å². The molecule has 1 atom stereocenters. The first-order valence-electron chi connectivity index (χ1n) is 10.3. The first-order valence-corrected chi connectivity index (χ1v) is 10.3. The van der Waals surface area contributed by atoms with E-state index in [1.807, 2.05) is 25.1 Å². The fourth-order valence-corrected chi connectivity index (χ4v) is 4.24. The van der Waals surface area contributed by atoms with Gasteiger partial charge < -0.3 is 10.5 Å². The molecule has 1 aliphatic rings. The lowest BCUT2D eigenvalue weighted by Crippen LogP contribution is -2.24. The third kappa shape index (κ3) is 4.21. The predicted molar refractivity (Wildman–Crippen MR) is 118 cm³/mol. The van der Waals surface area contributed by atoms with E-state index in [1.165, 1.54) is 16.7 Å². The topological polar surface area (TPSA) is 68.5 Å². The summed E-state index contributed by atoms with van der Waals surface area (Å²) in [5.41, 5.74) is 11.3. The summed E-state index contributed by atoms with van der Waals surface area (Å²) < 4.78 is 5.26. The highest BCUT2D eigenvalue weighted by atomic mass is 16.5. The third-order valence-electron chi connectivity index (χ3n) is 5.81. The Bertz CT molecular complexity index is 1050. The molecule has 2 aromatic carbocycles. The van der Waals surface area contributed by atoms with Crippen molar-refractivity contribution in [2.24, 2.45) is 5.73 Å². The van der Waals surface area contributed by atoms with Crippen molar-refractivity contribution in [3.63, 3.8) is 0 Å². The molecule has 0 radical (unpaired) electrons. The van der Waals surface area contributed by atoms with Gasteiger partial charge in [0.15, 0.2) is 0 Å². The van der Waals surface area contributed by atoms with Crippen LogP contribution in [0.1, 0.15) is 46.2 Å². The van der Waals surface area contributed by atoms with E-state index in [0.717, 1.165) is 37.4 Å². The Morgan fingerprint density at radius 1 is 1.13 bits per heavy atom. The summed E-state index contributed by atoms with van der Waals surface area (Å²) >= 11 is 0. The third-order valence-corrected chi connectivity index (χ3v) is 5.81. The van der Waals surface area contributed by atoms with Crippen LogP contribution < -0.4 is 10.5 Å². The van der Waals surface area contributed by atoms with Crippen LogP contribution >= 0.6 is 0 Å². The van der Waals surface area contributed by atoms with Crippen molar-refractivity contribution in [1.29, 1.82) is 0 Å². The van der Waals surface area contributed by atoms with Gasteiger partial charge >= 0.3 is 0 Å². The summed E-state index contributed by atoms with van der Waals surface area (Å²) in [4.78, 5) is 18.7. The normalized spacial score (nSPS) is 16.5. The maximum atomic E-state index is 11.5. The molecular formula is C25H27N3O2. The van der Waals surface area contributed by atoms with Gasteiger partial charge in [-0.15, -0.1) is 0 Å². The Labute approximate surface area is 177 Å². The lowest BCUT2D eigenvalue weighted by Gasteiger charge is -2.25. The zero-order valence-electron chi connectivity index (χ0n) is 17.5. The second-order valence-corrected chi connectivity index (χ2v) is 7.79. The van der Waals surface area contributed by atoms with Gasteiger partial charge in [0.25, 0.3) is 5.91 Å². The van der Waals surface area contributed by atoms with E-state index < -0.39 is 5.91 Å². The molecule has 0 aliphatic carbocycles. The smallest absolute Gasteiger partial charge is 0.250 e. The van der Waals surface area contributed by atoms with Crippen LogP contribution in [0.3, 0.4) is 0 Å². The quantitative estimate of drug-likeness (QED) is 0.660. The van der Waals surface area contributed by atoms with Crippen molar-refractivity contribution in [2.75, 3.05) is 13.7 Å². The molecule has 0 saturated carbocycles. The van der Waals surface area contributed by atoms with Crippen LogP contribution in [0, 0.1) is 6.92 Å². The minimum atomic E-state index is -0.426. The van der Waals surface area contributed by atoms with E-state index >= 15 is 0 Å². The number of benzene rings is 2. The molecule has 0 spiro atoms. The number of likely N-dealkylation sites (tertiary alicyclic amines) is 1. The van der Waals surface area contributed by atoms with E-state index in [1.54, 1.807) is 13.2 Å². The number of carbonyl (C=O) groups excluding carboxylic acids is 1. The van der Waals surface area contributed by atoms with E-state index in [-0.39, 0.29) is 6.04 Å². The van der Waals surface area contributed by atoms with Crippen LogP contribution in [-0.2, 0) is 6.54 Å². The molecule has 1 amide bonds. The molecule has 30 heavy (non-hydrogen) atoms. The molecule has 5 heteroatoms. The Morgan fingerprint density at radius 3 is 2.63 bits per heavy atom. The highest BCUT2D eigenvalue weighted by Crippen LogP contribution is 2.33. The molecule has 154 valence electrons. The number of primary amides is 1. The number of carbonyl (C=O) groups is 1. The van der Waals surface area contributed by atoms with Crippen molar-refractivity contribution in [1.82, 2.24) is 9.88 Å². The van der Waals surface area contributed by atoms with E-state index in [2.05, 4.69) is 41.3 Å². The second-order valence-electron chi connectivity index (χ2n) is 7.79. The summed E-state index contributed by atoms with van der Waals surface area (Å²) in [6, 6.07) is 20.9. The fourth-order valence-electron chi connectivity index (χ4n) is 4.24. The number of ether oxygens (including phenoxy) is 1. The number of aromatic nitrogens is 1. The standard InChI is InChI=1S/C25H27N3O2/c1-17-22(25(26)29)12-13-23(27-17)24-7-4-14-28(24)16-18-5-3-6-20(15-18)19-8-10-21(30-2)11-9-19/h3,5-6,8-13,15,24H,4,7,14,16H2,1-2H3,(H2,26,29)/t24-/m1/s1. The zero-order chi connectivity index (χ0) is 21.1. The average molecular weight is 402 g/mol. The second kappa shape index (κ2) is 8.67. The molecule has 0 unspecified atom stereocenters. The maximum absolute atomic E-state index is 11.5. The summed E-state index contributed by atoms with van der Waals surface area (Å²) in [5, 5.41) is 0. The number of hydrogen-bond acceptors (Lipinski definition) is 4. The molecule has 3 aromatic rings. The van der Waals surface area contributed by atoms with Gasteiger partial charge in [0.1, 0.15) is 5.75 Å². The average Bonchev–Trinajstić information content (AvgIpc) is 3.21. The van der Waals surface area contributed by atoms with Gasteiger partial charge in [0.2, 0.25) is 0 Å². The summed E-state index contributed by atoms with van der Waals surface area (Å²) in [5.74, 6) is 0.435. The minimum Gasteiger partial charge on any atom is -0.497 e. The van der Waals surface area contributed by atoms with E-state index in [4.69, 9.17) is 15.5 Å². The summed E-state index contributed by atoms with van der Waals surface area (Å²) in [7, 11) is 1.68. The van der Waals surface area contributed by atoms with Crippen molar-refractivity contribution in [3.8, 4) is 16.9 Å². The van der Waals surface area contributed by atoms with Gasteiger partial charge in [-0.25, -0.2) is 0 Å². The zero-order valence-corrected chi connectivity index (χ0v) is 17.5. The lowest BCUT2D eigenvalue weighted by molar-refractivity contribution is 0.0999. The van der Waals surface area contributed by atoms with E-state index in [0.29, 0.717) is 11.3 Å². The van der Waals surface area contributed by atoms with E-state index in [9.17, 15) is 4.79 Å².